The summed E-state index contributed by atoms with van der Waals surface area (Å²) in [6.45, 7) is 7.03. The van der Waals surface area contributed by atoms with Gasteiger partial charge in [-0.3, -0.25) is 0 Å². The Kier molecular flexibility index (Phi) is 6.77. The van der Waals surface area contributed by atoms with Crippen LogP contribution in [-0.4, -0.2) is 30.8 Å². The van der Waals surface area contributed by atoms with E-state index in [-0.39, 0.29) is 9.88 Å². The minimum Gasteiger partial charge on any atom is -0.389 e. The largest absolute Gasteiger partial charge is 0.389 e. The monoisotopic (exact) mass is 328 g/mol. The van der Waals surface area contributed by atoms with Gasteiger partial charge in [0.2, 0.25) is 10.0 Å². The van der Waals surface area contributed by atoms with Crippen molar-refractivity contribution in [3.05, 3.63) is 29.8 Å². The van der Waals surface area contributed by atoms with E-state index in [2.05, 4.69) is 13.8 Å². The lowest BCUT2D eigenvalue weighted by molar-refractivity contribution is 0.339. The molecule has 0 spiro atoms. The van der Waals surface area contributed by atoms with Crippen molar-refractivity contribution >= 4 is 27.2 Å². The van der Waals surface area contributed by atoms with E-state index in [1.54, 1.807) is 24.3 Å². The van der Waals surface area contributed by atoms with Crippen LogP contribution in [0.3, 0.4) is 0 Å². The molecule has 0 radical (unpaired) electrons. The van der Waals surface area contributed by atoms with Crippen molar-refractivity contribution in [2.24, 2.45) is 11.7 Å². The molecule has 0 aromatic heterocycles. The second-order valence-electron chi connectivity index (χ2n) is 5.03. The molecule has 0 fully saturated rings. The fourth-order valence-corrected chi connectivity index (χ4v) is 3.89. The minimum absolute atomic E-state index is 0.204. The zero-order valence-corrected chi connectivity index (χ0v) is 14.5. The van der Waals surface area contributed by atoms with Gasteiger partial charge < -0.3 is 5.73 Å². The lowest BCUT2D eigenvalue weighted by Gasteiger charge is -2.25. The third-order valence-corrected chi connectivity index (χ3v) is 5.90. The van der Waals surface area contributed by atoms with Crippen molar-refractivity contribution < 1.29 is 8.42 Å². The van der Waals surface area contributed by atoms with Gasteiger partial charge in [0.1, 0.15) is 4.99 Å². The molecule has 2 N–H and O–H groups in total. The molecule has 0 saturated heterocycles. The molecule has 0 atom stereocenters. The topological polar surface area (TPSA) is 63.4 Å². The van der Waals surface area contributed by atoms with Gasteiger partial charge in [-0.25, -0.2) is 8.42 Å². The van der Waals surface area contributed by atoms with Crippen LogP contribution in [0.1, 0.15) is 39.2 Å². The summed E-state index contributed by atoms with van der Waals surface area (Å²) in [5.74, 6) is 0.374. The zero-order valence-electron chi connectivity index (χ0n) is 12.9. The molecule has 1 rings (SSSR count). The van der Waals surface area contributed by atoms with Crippen molar-refractivity contribution in [1.29, 1.82) is 0 Å². The standard InChI is InChI=1S/C15H24N2O2S2/c1-4-12(5-2)11-17(6-3)21(18,19)14-9-7-8-13(10-14)15(16)20/h7-10,12H,4-6,11H2,1-3H3,(H2,16,20). The van der Waals surface area contributed by atoms with Gasteiger partial charge in [-0.05, 0) is 18.1 Å². The summed E-state index contributed by atoms with van der Waals surface area (Å²) in [4.78, 5) is 0.454. The molecule has 21 heavy (non-hydrogen) atoms. The fourth-order valence-electron chi connectivity index (χ4n) is 2.19. The van der Waals surface area contributed by atoms with Crippen LogP contribution in [-0.2, 0) is 10.0 Å². The van der Waals surface area contributed by atoms with E-state index in [1.165, 1.54) is 4.31 Å². The molecular weight excluding hydrogens is 304 g/mol. The average molecular weight is 329 g/mol. The van der Waals surface area contributed by atoms with Crippen LogP contribution in [0.2, 0.25) is 0 Å². The Hall–Kier alpha value is -0.980. The molecule has 1 aromatic carbocycles. The van der Waals surface area contributed by atoms with Gasteiger partial charge in [-0.1, -0.05) is 58.0 Å². The van der Waals surface area contributed by atoms with Crippen molar-refractivity contribution in [3.63, 3.8) is 0 Å². The van der Waals surface area contributed by atoms with E-state index in [9.17, 15) is 8.42 Å². The van der Waals surface area contributed by atoms with Gasteiger partial charge in [-0.15, -0.1) is 0 Å². The molecule has 0 saturated carbocycles. The Morgan fingerprint density at radius 3 is 2.38 bits per heavy atom. The first-order valence-electron chi connectivity index (χ1n) is 7.26. The number of benzene rings is 1. The summed E-state index contributed by atoms with van der Waals surface area (Å²) >= 11 is 4.92. The van der Waals surface area contributed by atoms with E-state index < -0.39 is 10.0 Å². The van der Waals surface area contributed by atoms with Crippen LogP contribution in [0.15, 0.2) is 29.2 Å². The molecule has 0 bridgehead atoms. The second kappa shape index (κ2) is 7.87. The molecule has 0 aliphatic heterocycles. The lowest BCUT2D eigenvalue weighted by atomic mass is 10.0. The number of rotatable bonds is 8. The number of sulfonamides is 1. The molecule has 0 heterocycles. The summed E-state index contributed by atoms with van der Waals surface area (Å²) in [5.41, 5.74) is 6.16. The fraction of sp³-hybridized carbons (Fsp3) is 0.533. The Morgan fingerprint density at radius 1 is 1.29 bits per heavy atom. The van der Waals surface area contributed by atoms with E-state index in [0.717, 1.165) is 12.8 Å². The van der Waals surface area contributed by atoms with E-state index >= 15 is 0 Å². The predicted molar refractivity (Wildman–Crippen MR) is 90.8 cm³/mol. The Labute approximate surface area is 133 Å². The maximum Gasteiger partial charge on any atom is 0.243 e. The highest BCUT2D eigenvalue weighted by molar-refractivity contribution is 7.89. The molecule has 0 amide bonds. The lowest BCUT2D eigenvalue weighted by Crippen LogP contribution is -2.35. The molecule has 1 aromatic rings. The summed E-state index contributed by atoms with van der Waals surface area (Å²) < 4.78 is 27.0. The number of nitrogens with zero attached hydrogens (tertiary/aromatic N) is 1. The van der Waals surface area contributed by atoms with Gasteiger partial charge in [0.25, 0.3) is 0 Å². The smallest absolute Gasteiger partial charge is 0.243 e. The van der Waals surface area contributed by atoms with Gasteiger partial charge >= 0.3 is 0 Å². The van der Waals surface area contributed by atoms with E-state index in [4.69, 9.17) is 18.0 Å². The van der Waals surface area contributed by atoms with Crippen LogP contribution in [0.25, 0.3) is 0 Å². The van der Waals surface area contributed by atoms with Gasteiger partial charge in [0, 0.05) is 18.7 Å². The molecule has 0 aliphatic carbocycles. The number of hydrogen-bond acceptors (Lipinski definition) is 3. The van der Waals surface area contributed by atoms with E-state index in [0.29, 0.717) is 24.6 Å². The van der Waals surface area contributed by atoms with Crippen molar-refractivity contribution in [1.82, 2.24) is 4.31 Å². The number of hydrogen-bond donors (Lipinski definition) is 1. The quantitative estimate of drug-likeness (QED) is 0.745. The van der Waals surface area contributed by atoms with Gasteiger partial charge in [0.05, 0.1) is 4.90 Å². The van der Waals surface area contributed by atoms with Gasteiger partial charge in [-0.2, -0.15) is 4.31 Å². The first-order valence-corrected chi connectivity index (χ1v) is 9.11. The molecule has 6 heteroatoms. The van der Waals surface area contributed by atoms with Crippen molar-refractivity contribution in [3.8, 4) is 0 Å². The van der Waals surface area contributed by atoms with Crippen molar-refractivity contribution in [2.75, 3.05) is 13.1 Å². The summed E-state index contributed by atoms with van der Waals surface area (Å²) in [5, 5.41) is 0. The maximum atomic E-state index is 12.7. The number of thiocarbonyl (C=S) groups is 1. The zero-order chi connectivity index (χ0) is 16.0. The summed E-state index contributed by atoms with van der Waals surface area (Å²) in [6, 6.07) is 6.53. The van der Waals surface area contributed by atoms with Crippen LogP contribution in [0, 0.1) is 5.92 Å². The first kappa shape index (κ1) is 18.1. The first-order chi connectivity index (χ1) is 9.86. The van der Waals surface area contributed by atoms with Crippen molar-refractivity contribution in [2.45, 2.75) is 38.5 Å². The third-order valence-electron chi connectivity index (χ3n) is 3.73. The maximum absolute atomic E-state index is 12.7. The highest BCUT2D eigenvalue weighted by atomic mass is 32.2. The van der Waals surface area contributed by atoms with Crippen LogP contribution in [0.5, 0.6) is 0 Å². The molecule has 0 unspecified atom stereocenters. The van der Waals surface area contributed by atoms with Gasteiger partial charge in [0.15, 0.2) is 0 Å². The summed E-state index contributed by atoms with van der Waals surface area (Å²) in [6.07, 6.45) is 1.94. The average Bonchev–Trinajstić information content (AvgIpc) is 2.48. The molecular formula is C15H24N2O2S2. The Morgan fingerprint density at radius 2 is 1.90 bits per heavy atom. The SMILES string of the molecule is CCC(CC)CN(CC)S(=O)(=O)c1cccc(C(N)=S)c1. The number of nitrogens with two attached hydrogens (primary N) is 1. The van der Waals surface area contributed by atoms with E-state index in [1.807, 2.05) is 6.92 Å². The Balaban J connectivity index is 3.12. The normalized spacial score (nSPS) is 12.0. The summed E-state index contributed by atoms with van der Waals surface area (Å²) in [7, 11) is -3.50. The Bertz CT molecular complexity index is 581. The highest BCUT2D eigenvalue weighted by Gasteiger charge is 2.25. The third kappa shape index (κ3) is 4.49. The molecule has 4 nitrogen and oxygen atoms in total. The second-order valence-corrected chi connectivity index (χ2v) is 7.41. The van der Waals surface area contributed by atoms with Crippen LogP contribution >= 0.6 is 12.2 Å². The van der Waals surface area contributed by atoms with Crippen LogP contribution in [0.4, 0.5) is 0 Å². The minimum atomic E-state index is -3.50. The van der Waals surface area contributed by atoms with Crippen LogP contribution < -0.4 is 5.73 Å². The molecule has 118 valence electrons. The predicted octanol–water partition coefficient (Wildman–Crippen LogP) is 2.77. The molecule has 0 aliphatic rings. The highest BCUT2D eigenvalue weighted by Crippen LogP contribution is 2.20.